The first-order valence-electron chi connectivity index (χ1n) is 8.32. The fraction of sp³-hybridized carbons (Fsp3) is 0.316. The third-order valence-corrected chi connectivity index (χ3v) is 3.99. The summed E-state index contributed by atoms with van der Waals surface area (Å²) in [5.41, 5.74) is 6.32. The molecule has 26 heavy (non-hydrogen) atoms. The minimum absolute atomic E-state index is 0.0369. The number of hydrogen-bond acceptors (Lipinski definition) is 4. The molecule has 0 aromatic heterocycles. The van der Waals surface area contributed by atoms with Crippen molar-refractivity contribution >= 4 is 28.9 Å². The van der Waals surface area contributed by atoms with E-state index in [4.69, 9.17) is 22.2 Å². The molecule has 2 rings (SSSR count). The summed E-state index contributed by atoms with van der Waals surface area (Å²) in [6.45, 7) is 7.88. The van der Waals surface area contributed by atoms with Crippen LogP contribution < -0.4 is 15.9 Å². The van der Waals surface area contributed by atoms with Gasteiger partial charge in [-0.1, -0.05) is 23.7 Å². The Kier molecular flexibility index (Phi) is 6.45. The van der Waals surface area contributed by atoms with Crippen LogP contribution in [0.4, 0.5) is 15.8 Å². The molecule has 5 nitrogen and oxygen atoms in total. The van der Waals surface area contributed by atoms with Crippen LogP contribution in [0.25, 0.3) is 0 Å². The number of nitrogens with one attached hydrogen (secondary N) is 1. The Labute approximate surface area is 157 Å². The van der Waals surface area contributed by atoms with E-state index in [1.54, 1.807) is 29.3 Å². The second-order valence-electron chi connectivity index (χ2n) is 6.44. The zero-order chi connectivity index (χ0) is 19.4. The maximum Gasteiger partial charge on any atom is 0.257 e. The van der Waals surface area contributed by atoms with Crippen molar-refractivity contribution in [1.29, 1.82) is 0 Å². The second kappa shape index (κ2) is 8.38. The number of nitrogens with two attached hydrogens (primary N) is 1. The highest BCUT2D eigenvalue weighted by atomic mass is 35.5. The summed E-state index contributed by atoms with van der Waals surface area (Å²) in [4.78, 5) is 18.2. The maximum atomic E-state index is 14.3. The van der Waals surface area contributed by atoms with Crippen molar-refractivity contribution in [2.45, 2.75) is 39.8 Å². The number of halogens is 2. The van der Waals surface area contributed by atoms with Gasteiger partial charge in [0.15, 0.2) is 5.75 Å². The lowest BCUT2D eigenvalue weighted by Crippen LogP contribution is -2.39. The summed E-state index contributed by atoms with van der Waals surface area (Å²) in [5.74, 6) is -0.919. The van der Waals surface area contributed by atoms with Crippen LogP contribution in [0.15, 0.2) is 36.4 Å². The highest BCUT2D eigenvalue weighted by molar-refractivity contribution is 6.32. The van der Waals surface area contributed by atoms with Crippen molar-refractivity contribution in [1.82, 2.24) is 5.06 Å². The van der Waals surface area contributed by atoms with Crippen LogP contribution >= 0.6 is 11.6 Å². The smallest absolute Gasteiger partial charge is 0.257 e. The van der Waals surface area contributed by atoms with E-state index in [1.165, 1.54) is 6.07 Å². The number of para-hydroxylation sites is 1. The number of rotatable bonds is 6. The van der Waals surface area contributed by atoms with Crippen molar-refractivity contribution in [3.05, 3.63) is 52.8 Å². The topological polar surface area (TPSA) is 67.6 Å². The van der Waals surface area contributed by atoms with Gasteiger partial charge >= 0.3 is 0 Å². The Balaban J connectivity index is 2.30. The van der Waals surface area contributed by atoms with Crippen molar-refractivity contribution in [3.63, 3.8) is 0 Å². The lowest BCUT2D eigenvalue weighted by atomic mass is 10.1. The first-order valence-corrected chi connectivity index (χ1v) is 8.69. The SMILES string of the molecule is CC(C)N(Oc1cc(NC(=O)c2ccccc2N)c(F)cc1Cl)C(C)C. The maximum absolute atomic E-state index is 14.3. The Morgan fingerprint density at radius 2 is 1.81 bits per heavy atom. The molecule has 0 unspecified atom stereocenters. The van der Waals surface area contributed by atoms with Crippen LogP contribution in [-0.2, 0) is 0 Å². The number of anilines is 2. The molecule has 0 spiro atoms. The van der Waals surface area contributed by atoms with Gasteiger partial charge in [-0.2, -0.15) is 0 Å². The molecule has 1 amide bonds. The summed E-state index contributed by atoms with van der Waals surface area (Å²) in [7, 11) is 0. The van der Waals surface area contributed by atoms with Crippen LogP contribution in [0.1, 0.15) is 38.1 Å². The standard InChI is InChI=1S/C19H23ClFN3O2/c1-11(2)24(12(3)4)26-18-10-17(15(21)9-14(18)20)23-19(25)13-7-5-6-8-16(13)22/h5-12H,22H2,1-4H3,(H,23,25). The third-order valence-electron chi connectivity index (χ3n) is 3.70. The summed E-state index contributed by atoms with van der Waals surface area (Å²) in [6.07, 6.45) is 0. The van der Waals surface area contributed by atoms with Crippen LogP contribution in [0.3, 0.4) is 0 Å². The van der Waals surface area contributed by atoms with Gasteiger partial charge in [-0.25, -0.2) is 4.39 Å². The molecule has 0 atom stereocenters. The molecule has 0 fully saturated rings. The average Bonchev–Trinajstić information content (AvgIpc) is 2.55. The third kappa shape index (κ3) is 4.65. The first-order chi connectivity index (χ1) is 12.2. The lowest BCUT2D eigenvalue weighted by molar-refractivity contribution is -0.111. The first kappa shape index (κ1) is 20.0. The van der Waals surface area contributed by atoms with Crippen molar-refractivity contribution < 1.29 is 14.0 Å². The number of nitrogen functional groups attached to an aromatic ring is 1. The van der Waals surface area contributed by atoms with Crippen molar-refractivity contribution in [3.8, 4) is 5.75 Å². The number of nitrogens with zero attached hydrogens (tertiary/aromatic N) is 1. The second-order valence-corrected chi connectivity index (χ2v) is 6.85. The van der Waals surface area contributed by atoms with Gasteiger partial charge in [0.05, 0.1) is 16.3 Å². The van der Waals surface area contributed by atoms with E-state index in [9.17, 15) is 9.18 Å². The number of carbonyl (C=O) groups excluding carboxylic acids is 1. The summed E-state index contributed by atoms with van der Waals surface area (Å²) in [5, 5.41) is 4.37. The van der Waals surface area contributed by atoms with Gasteiger partial charge < -0.3 is 15.9 Å². The van der Waals surface area contributed by atoms with Gasteiger partial charge in [-0.15, -0.1) is 5.06 Å². The Hall–Kier alpha value is -2.31. The minimum Gasteiger partial charge on any atom is -0.404 e. The lowest BCUT2D eigenvalue weighted by Gasteiger charge is -2.30. The normalized spacial score (nSPS) is 11.3. The van der Waals surface area contributed by atoms with E-state index in [1.807, 2.05) is 27.7 Å². The zero-order valence-corrected chi connectivity index (χ0v) is 16.0. The Morgan fingerprint density at radius 3 is 2.38 bits per heavy atom. The molecular formula is C19H23ClFN3O2. The number of amides is 1. The molecule has 0 aliphatic rings. The largest absolute Gasteiger partial charge is 0.404 e. The number of carbonyl (C=O) groups is 1. The van der Waals surface area contributed by atoms with Gasteiger partial charge in [0.2, 0.25) is 0 Å². The monoisotopic (exact) mass is 379 g/mol. The molecule has 0 aliphatic heterocycles. The molecule has 0 aliphatic carbocycles. The molecule has 0 bridgehead atoms. The van der Waals surface area contributed by atoms with E-state index in [2.05, 4.69) is 5.32 Å². The van der Waals surface area contributed by atoms with E-state index in [0.717, 1.165) is 6.07 Å². The minimum atomic E-state index is -0.661. The Bertz CT molecular complexity index is 788. The van der Waals surface area contributed by atoms with E-state index in [0.29, 0.717) is 5.69 Å². The average molecular weight is 380 g/mol. The molecule has 0 heterocycles. The van der Waals surface area contributed by atoms with Crippen LogP contribution in [0.5, 0.6) is 5.75 Å². The molecule has 0 saturated heterocycles. The molecule has 0 saturated carbocycles. The summed E-state index contributed by atoms with van der Waals surface area (Å²) in [6, 6.07) is 9.21. The zero-order valence-electron chi connectivity index (χ0n) is 15.2. The van der Waals surface area contributed by atoms with Gasteiger partial charge in [0.25, 0.3) is 5.91 Å². The predicted octanol–water partition coefficient (Wildman–Crippen LogP) is 4.73. The predicted molar refractivity (Wildman–Crippen MR) is 103 cm³/mol. The highest BCUT2D eigenvalue weighted by Gasteiger charge is 2.20. The summed E-state index contributed by atoms with van der Waals surface area (Å²) >= 11 is 6.11. The molecule has 0 radical (unpaired) electrons. The highest BCUT2D eigenvalue weighted by Crippen LogP contribution is 2.32. The van der Waals surface area contributed by atoms with Crippen molar-refractivity contribution in [2.75, 3.05) is 11.1 Å². The number of hydroxylamine groups is 2. The molecule has 3 N–H and O–H groups in total. The fourth-order valence-electron chi connectivity index (χ4n) is 2.51. The van der Waals surface area contributed by atoms with Gasteiger partial charge in [-0.3, -0.25) is 4.79 Å². The molecule has 7 heteroatoms. The van der Waals surface area contributed by atoms with Gasteiger partial charge in [-0.05, 0) is 45.9 Å². The van der Waals surface area contributed by atoms with Crippen LogP contribution in [0.2, 0.25) is 5.02 Å². The quantitative estimate of drug-likeness (QED) is 0.562. The van der Waals surface area contributed by atoms with E-state index < -0.39 is 11.7 Å². The van der Waals surface area contributed by atoms with Crippen LogP contribution in [0, 0.1) is 5.82 Å². The van der Waals surface area contributed by atoms with Gasteiger partial charge in [0.1, 0.15) is 5.82 Å². The van der Waals surface area contributed by atoms with Crippen LogP contribution in [-0.4, -0.2) is 23.1 Å². The fourth-order valence-corrected chi connectivity index (χ4v) is 2.69. The van der Waals surface area contributed by atoms with E-state index >= 15 is 0 Å². The summed E-state index contributed by atoms with van der Waals surface area (Å²) < 4.78 is 14.3. The van der Waals surface area contributed by atoms with E-state index in [-0.39, 0.29) is 34.1 Å². The molecule has 2 aromatic rings. The number of benzene rings is 2. The molecular weight excluding hydrogens is 357 g/mol. The van der Waals surface area contributed by atoms with Crippen molar-refractivity contribution in [2.24, 2.45) is 0 Å². The van der Waals surface area contributed by atoms with Gasteiger partial charge in [0, 0.05) is 23.8 Å². The molecule has 140 valence electrons. The number of hydrogen-bond donors (Lipinski definition) is 2. The Morgan fingerprint density at radius 1 is 1.19 bits per heavy atom. The molecule has 2 aromatic carbocycles.